The molecule has 0 radical (unpaired) electrons. The Morgan fingerprint density at radius 3 is 2.57 bits per heavy atom. The molecule has 0 bridgehead atoms. The van der Waals surface area contributed by atoms with Crippen molar-refractivity contribution in [3.05, 3.63) is 47.3 Å². The summed E-state index contributed by atoms with van der Waals surface area (Å²) in [6, 6.07) is 7.07. The van der Waals surface area contributed by atoms with Gasteiger partial charge in [-0.2, -0.15) is 18.3 Å². The van der Waals surface area contributed by atoms with Crippen LogP contribution in [0.3, 0.4) is 0 Å². The minimum atomic E-state index is -4.57. The highest BCUT2D eigenvalue weighted by molar-refractivity contribution is 5.95. The van der Waals surface area contributed by atoms with Gasteiger partial charge >= 0.3 is 6.18 Å². The van der Waals surface area contributed by atoms with Crippen LogP contribution in [0.25, 0.3) is 22.2 Å². The number of halogens is 3. The largest absolute Gasteiger partial charge is 0.433 e. The Hall–Kier alpha value is -2.45. The van der Waals surface area contributed by atoms with Crippen LogP contribution in [0.15, 0.2) is 30.5 Å². The minimum absolute atomic E-state index is 0.0156. The summed E-state index contributed by atoms with van der Waals surface area (Å²) < 4.78 is 40.4. The second kappa shape index (κ2) is 6.56. The van der Waals surface area contributed by atoms with Crippen LogP contribution < -0.4 is 5.32 Å². The van der Waals surface area contributed by atoms with E-state index >= 15 is 0 Å². The smallest absolute Gasteiger partial charge is 0.385 e. The predicted octanol–water partition coefficient (Wildman–Crippen LogP) is 3.77. The molecule has 1 aliphatic rings. The number of aryl methyl sites for hydroxylation is 1. The molecular weight excluding hydrogens is 369 g/mol. The number of pyridine rings is 1. The van der Waals surface area contributed by atoms with Gasteiger partial charge in [0.1, 0.15) is 5.69 Å². The molecule has 1 aromatic carbocycles. The number of nitrogens with zero attached hydrogens (tertiary/aromatic N) is 2. The van der Waals surface area contributed by atoms with E-state index < -0.39 is 17.5 Å². The molecule has 1 unspecified atom stereocenters. The van der Waals surface area contributed by atoms with E-state index in [4.69, 9.17) is 0 Å². The molecule has 1 aliphatic heterocycles. The first-order valence-corrected chi connectivity index (χ1v) is 9.20. The van der Waals surface area contributed by atoms with Gasteiger partial charge in [0.15, 0.2) is 5.65 Å². The summed E-state index contributed by atoms with van der Waals surface area (Å²) in [6.07, 6.45) is -2.60. The normalized spacial score (nSPS) is 17.5. The second-order valence-electron chi connectivity index (χ2n) is 7.37. The van der Waals surface area contributed by atoms with Crippen molar-refractivity contribution < 1.29 is 18.3 Å². The van der Waals surface area contributed by atoms with Gasteiger partial charge in [-0.05, 0) is 42.2 Å². The zero-order valence-electron chi connectivity index (χ0n) is 15.6. The van der Waals surface area contributed by atoms with Gasteiger partial charge in [-0.25, -0.2) is 4.98 Å². The van der Waals surface area contributed by atoms with E-state index in [1.165, 1.54) is 6.20 Å². The van der Waals surface area contributed by atoms with Crippen LogP contribution in [0.1, 0.15) is 30.2 Å². The molecule has 148 valence electrons. The fourth-order valence-electron chi connectivity index (χ4n) is 3.94. The summed E-state index contributed by atoms with van der Waals surface area (Å²) in [7, 11) is 0. The highest BCUT2D eigenvalue weighted by Gasteiger charge is 2.41. The number of alkyl halides is 3. The number of hydrogen-bond acceptors (Lipinski definition) is 4. The van der Waals surface area contributed by atoms with Gasteiger partial charge in [-0.3, -0.25) is 5.10 Å². The minimum Gasteiger partial charge on any atom is -0.385 e. The number of rotatable bonds is 4. The molecule has 1 saturated heterocycles. The quantitative estimate of drug-likeness (QED) is 0.634. The molecule has 0 aliphatic carbocycles. The maximum absolute atomic E-state index is 13.5. The highest BCUT2D eigenvalue weighted by Crippen LogP contribution is 2.41. The number of nitrogens with one attached hydrogen (secondary N) is 2. The van der Waals surface area contributed by atoms with E-state index in [1.54, 1.807) is 12.1 Å². The first kappa shape index (κ1) is 18.9. The maximum Gasteiger partial charge on any atom is 0.433 e. The predicted molar refractivity (Wildman–Crippen MR) is 99.6 cm³/mol. The standard InChI is InChI=1S/C20H21F3N4O/c1-3-19(28,14-9-24-10-14)13-7-11(2)6-12(8-13)15-4-5-25-18-16(15)17(26-27-18)20(21,22)23/h4-8,14,24,28H,3,9-10H2,1-2H3,(H,25,26,27). The van der Waals surface area contributed by atoms with Gasteiger partial charge < -0.3 is 10.4 Å². The number of benzene rings is 1. The zero-order valence-corrected chi connectivity index (χ0v) is 15.6. The molecule has 28 heavy (non-hydrogen) atoms. The van der Waals surface area contributed by atoms with Gasteiger partial charge in [0.25, 0.3) is 0 Å². The monoisotopic (exact) mass is 390 g/mol. The SMILES string of the molecule is CCC(O)(c1cc(C)cc(-c2ccnc3n[nH]c(C(F)(F)F)c23)c1)C1CNC1. The third-order valence-corrected chi connectivity index (χ3v) is 5.62. The second-order valence-corrected chi connectivity index (χ2v) is 7.37. The summed E-state index contributed by atoms with van der Waals surface area (Å²) in [5, 5.41) is 20.2. The summed E-state index contributed by atoms with van der Waals surface area (Å²) in [4.78, 5) is 3.96. The van der Waals surface area contributed by atoms with Crippen molar-refractivity contribution in [3.8, 4) is 11.1 Å². The van der Waals surface area contributed by atoms with Gasteiger partial charge in [0, 0.05) is 25.2 Å². The molecule has 2 aromatic heterocycles. The van der Waals surface area contributed by atoms with E-state index in [0.29, 0.717) is 30.6 Å². The summed E-state index contributed by atoms with van der Waals surface area (Å²) in [5.41, 5.74) is 0.660. The van der Waals surface area contributed by atoms with Crippen LogP contribution in [-0.2, 0) is 11.8 Å². The fourth-order valence-corrected chi connectivity index (χ4v) is 3.94. The Balaban J connectivity index is 1.91. The number of aromatic amines is 1. The van der Waals surface area contributed by atoms with Crippen LogP contribution in [0.2, 0.25) is 0 Å². The van der Waals surface area contributed by atoms with E-state index in [0.717, 1.165) is 11.1 Å². The molecule has 0 spiro atoms. The summed E-state index contributed by atoms with van der Waals surface area (Å²) >= 11 is 0. The van der Waals surface area contributed by atoms with E-state index in [9.17, 15) is 18.3 Å². The van der Waals surface area contributed by atoms with Crippen molar-refractivity contribution >= 4 is 11.0 Å². The van der Waals surface area contributed by atoms with E-state index in [-0.39, 0.29) is 17.0 Å². The van der Waals surface area contributed by atoms with Crippen LogP contribution in [-0.4, -0.2) is 33.4 Å². The molecule has 3 heterocycles. The molecule has 4 rings (SSSR count). The first-order valence-electron chi connectivity index (χ1n) is 9.20. The topological polar surface area (TPSA) is 73.8 Å². The summed E-state index contributed by atoms with van der Waals surface area (Å²) in [5.74, 6) is 0.0734. The molecule has 0 saturated carbocycles. The van der Waals surface area contributed by atoms with Crippen molar-refractivity contribution in [2.75, 3.05) is 13.1 Å². The van der Waals surface area contributed by atoms with E-state index in [2.05, 4.69) is 20.5 Å². The van der Waals surface area contributed by atoms with Crippen molar-refractivity contribution in [2.45, 2.75) is 32.0 Å². The Kier molecular flexibility index (Phi) is 4.43. The molecule has 5 nitrogen and oxygen atoms in total. The van der Waals surface area contributed by atoms with Crippen molar-refractivity contribution in [1.82, 2.24) is 20.5 Å². The van der Waals surface area contributed by atoms with Crippen LogP contribution in [0, 0.1) is 12.8 Å². The molecule has 3 N–H and O–H groups in total. The Morgan fingerprint density at radius 2 is 1.96 bits per heavy atom. The van der Waals surface area contributed by atoms with Crippen LogP contribution in [0.5, 0.6) is 0 Å². The number of aliphatic hydroxyl groups is 1. The van der Waals surface area contributed by atoms with Crippen molar-refractivity contribution in [2.24, 2.45) is 5.92 Å². The van der Waals surface area contributed by atoms with Gasteiger partial charge in [0.2, 0.25) is 0 Å². The lowest BCUT2D eigenvalue weighted by Gasteiger charge is -2.42. The van der Waals surface area contributed by atoms with E-state index in [1.807, 2.05) is 26.0 Å². The van der Waals surface area contributed by atoms with Crippen LogP contribution in [0.4, 0.5) is 13.2 Å². The number of fused-ring (bicyclic) bond motifs is 1. The van der Waals surface area contributed by atoms with Gasteiger partial charge in [-0.1, -0.05) is 24.6 Å². The van der Waals surface area contributed by atoms with Crippen LogP contribution >= 0.6 is 0 Å². The van der Waals surface area contributed by atoms with Gasteiger partial charge in [-0.15, -0.1) is 0 Å². The average molecular weight is 390 g/mol. The Morgan fingerprint density at radius 1 is 1.21 bits per heavy atom. The average Bonchev–Trinajstić information content (AvgIpc) is 3.04. The van der Waals surface area contributed by atoms with Gasteiger partial charge in [0.05, 0.1) is 11.0 Å². The highest BCUT2D eigenvalue weighted by atomic mass is 19.4. The molecule has 1 atom stereocenters. The third kappa shape index (κ3) is 2.97. The number of hydrogen-bond donors (Lipinski definition) is 3. The lowest BCUT2D eigenvalue weighted by atomic mass is 9.75. The maximum atomic E-state index is 13.5. The number of aromatic nitrogens is 3. The molecule has 3 aromatic rings. The van der Waals surface area contributed by atoms with Crippen molar-refractivity contribution in [3.63, 3.8) is 0 Å². The fraction of sp³-hybridized carbons (Fsp3) is 0.400. The molecule has 0 amide bonds. The van der Waals surface area contributed by atoms with Crippen molar-refractivity contribution in [1.29, 1.82) is 0 Å². The molecule has 8 heteroatoms. The lowest BCUT2D eigenvalue weighted by molar-refractivity contribution is -0.139. The number of H-pyrrole nitrogens is 1. The third-order valence-electron chi connectivity index (χ3n) is 5.62. The molecule has 1 fully saturated rings. The Bertz CT molecular complexity index is 1030. The summed E-state index contributed by atoms with van der Waals surface area (Å²) in [6.45, 7) is 5.23. The molecular formula is C20H21F3N4O. The zero-order chi connectivity index (χ0) is 20.1. The Labute approximate surface area is 160 Å². The lowest BCUT2D eigenvalue weighted by Crippen LogP contribution is -2.54. The first-order chi connectivity index (χ1) is 13.2.